The van der Waals surface area contributed by atoms with Gasteiger partial charge in [-0.15, -0.1) is 0 Å². The number of Topliss-reactive ketones (excluding diaryl/α,β-unsaturated/α-hetero) is 1. The summed E-state index contributed by atoms with van der Waals surface area (Å²) in [6, 6.07) is 8.52. The summed E-state index contributed by atoms with van der Waals surface area (Å²) in [7, 11) is 0. The normalized spacial score (nSPS) is 19.6. The summed E-state index contributed by atoms with van der Waals surface area (Å²) < 4.78 is 0. The van der Waals surface area contributed by atoms with Crippen LogP contribution in [-0.2, 0) is 11.2 Å². The summed E-state index contributed by atoms with van der Waals surface area (Å²) in [5, 5.41) is 10.7. The molecular weight excluding hydrogens is 352 g/mol. The van der Waals surface area contributed by atoms with Crippen molar-refractivity contribution in [2.24, 2.45) is 0 Å². The first kappa shape index (κ1) is 18.5. The second kappa shape index (κ2) is 7.98. The van der Waals surface area contributed by atoms with E-state index in [2.05, 4.69) is 4.98 Å². The Kier molecular flexibility index (Phi) is 5.69. The van der Waals surface area contributed by atoms with Gasteiger partial charge in [0, 0.05) is 36.8 Å². The Bertz CT molecular complexity index is 807. The smallest absolute Gasteiger partial charge is 0.256 e. The van der Waals surface area contributed by atoms with Gasteiger partial charge in [0.15, 0.2) is 5.78 Å². The molecule has 2 atom stereocenters. The maximum atomic E-state index is 12.8. The molecule has 1 aromatic heterocycles. The average Bonchev–Trinajstić information content (AvgIpc) is 3.02. The molecule has 5 nitrogen and oxygen atoms in total. The molecule has 0 saturated carbocycles. The molecule has 136 valence electrons. The number of carbonyl (C=O) groups is 2. The van der Waals surface area contributed by atoms with Gasteiger partial charge in [-0.1, -0.05) is 23.7 Å². The fraction of sp³-hybridized carbons (Fsp3) is 0.350. The van der Waals surface area contributed by atoms with Crippen molar-refractivity contribution < 1.29 is 14.7 Å². The second-order valence-corrected chi connectivity index (χ2v) is 7.14. The SMILES string of the molecule is Cc1cncc(C(=O)N2C[C@H](O)C[C@H]2C(=O)CCc2ccc(Cl)cc2)c1. The van der Waals surface area contributed by atoms with Crippen molar-refractivity contribution in [3.05, 3.63) is 64.4 Å². The highest BCUT2D eigenvalue weighted by molar-refractivity contribution is 6.30. The molecule has 0 radical (unpaired) electrons. The van der Waals surface area contributed by atoms with Crippen LogP contribution in [-0.4, -0.2) is 45.4 Å². The van der Waals surface area contributed by atoms with Crippen LogP contribution in [0.25, 0.3) is 0 Å². The standard InChI is InChI=1S/C20H21ClN2O3/c1-13-8-15(11-22-10-13)20(26)23-12-17(24)9-18(23)19(25)7-4-14-2-5-16(21)6-3-14/h2-3,5-6,8,10-11,17-18,24H,4,7,9,12H2,1H3/t17-,18+/m1/s1. The Balaban J connectivity index is 1.69. The van der Waals surface area contributed by atoms with Crippen LogP contribution >= 0.6 is 11.6 Å². The number of nitrogens with zero attached hydrogens (tertiary/aromatic N) is 2. The molecule has 0 unspecified atom stereocenters. The number of ketones is 1. The highest BCUT2D eigenvalue weighted by Crippen LogP contribution is 2.23. The minimum Gasteiger partial charge on any atom is -0.391 e. The lowest BCUT2D eigenvalue weighted by molar-refractivity contribution is -0.122. The Morgan fingerprint density at radius 1 is 1.27 bits per heavy atom. The number of hydrogen-bond acceptors (Lipinski definition) is 4. The van der Waals surface area contributed by atoms with Gasteiger partial charge in [0.25, 0.3) is 5.91 Å². The molecule has 3 rings (SSSR count). The molecule has 1 fully saturated rings. The Labute approximate surface area is 157 Å². The van der Waals surface area contributed by atoms with Gasteiger partial charge in [0.2, 0.25) is 0 Å². The van der Waals surface area contributed by atoms with E-state index in [1.807, 2.05) is 19.1 Å². The number of rotatable bonds is 5. The van der Waals surface area contributed by atoms with E-state index < -0.39 is 12.1 Å². The van der Waals surface area contributed by atoms with Crippen LogP contribution in [0.3, 0.4) is 0 Å². The van der Waals surface area contributed by atoms with Gasteiger partial charge in [0.05, 0.1) is 17.7 Å². The fourth-order valence-corrected chi connectivity index (χ4v) is 3.39. The third-order valence-electron chi connectivity index (χ3n) is 4.61. The minimum atomic E-state index is -0.679. The number of β-amino-alcohol motifs (C(OH)–C–C–N with tert-alkyl or cyclic N) is 1. The van der Waals surface area contributed by atoms with E-state index in [0.29, 0.717) is 23.4 Å². The number of aliphatic hydroxyl groups excluding tert-OH is 1. The molecule has 1 N–H and O–H groups in total. The number of aryl methyl sites for hydroxylation is 2. The van der Waals surface area contributed by atoms with E-state index >= 15 is 0 Å². The molecule has 0 aliphatic carbocycles. The number of hydrogen-bond donors (Lipinski definition) is 1. The van der Waals surface area contributed by atoms with E-state index in [0.717, 1.165) is 11.1 Å². The van der Waals surface area contributed by atoms with Gasteiger partial charge in [-0.05, 0) is 42.7 Å². The number of carbonyl (C=O) groups excluding carboxylic acids is 2. The van der Waals surface area contributed by atoms with E-state index in [1.54, 1.807) is 24.4 Å². The van der Waals surface area contributed by atoms with Crippen molar-refractivity contribution in [2.45, 2.75) is 38.3 Å². The first-order valence-electron chi connectivity index (χ1n) is 8.62. The summed E-state index contributed by atoms with van der Waals surface area (Å²) >= 11 is 5.87. The quantitative estimate of drug-likeness (QED) is 0.876. The first-order chi connectivity index (χ1) is 12.4. The van der Waals surface area contributed by atoms with Crippen molar-refractivity contribution >= 4 is 23.3 Å². The van der Waals surface area contributed by atoms with E-state index in [-0.39, 0.29) is 24.7 Å². The number of likely N-dealkylation sites (tertiary alicyclic amines) is 1. The van der Waals surface area contributed by atoms with Gasteiger partial charge < -0.3 is 10.0 Å². The maximum Gasteiger partial charge on any atom is 0.256 e. The van der Waals surface area contributed by atoms with E-state index in [1.165, 1.54) is 11.1 Å². The molecule has 1 aliphatic rings. The summed E-state index contributed by atoms with van der Waals surface area (Å²) in [4.78, 5) is 31.0. The summed E-state index contributed by atoms with van der Waals surface area (Å²) in [5.74, 6) is -0.298. The zero-order chi connectivity index (χ0) is 18.7. The maximum absolute atomic E-state index is 12.8. The summed E-state index contributed by atoms with van der Waals surface area (Å²) in [5.41, 5.74) is 2.33. The number of halogens is 1. The van der Waals surface area contributed by atoms with Crippen molar-refractivity contribution in [3.63, 3.8) is 0 Å². The molecule has 0 spiro atoms. The monoisotopic (exact) mass is 372 g/mol. The van der Waals surface area contributed by atoms with Crippen LogP contribution < -0.4 is 0 Å². The molecule has 0 bridgehead atoms. The van der Waals surface area contributed by atoms with Gasteiger partial charge in [-0.2, -0.15) is 0 Å². The van der Waals surface area contributed by atoms with Crippen LogP contribution in [0.5, 0.6) is 0 Å². The van der Waals surface area contributed by atoms with Gasteiger partial charge in [0.1, 0.15) is 0 Å². The van der Waals surface area contributed by atoms with Crippen LogP contribution in [0, 0.1) is 6.92 Å². The van der Waals surface area contributed by atoms with Crippen molar-refractivity contribution in [3.8, 4) is 0 Å². The van der Waals surface area contributed by atoms with Crippen LogP contribution in [0.15, 0.2) is 42.7 Å². The number of aliphatic hydroxyl groups is 1. The highest BCUT2D eigenvalue weighted by Gasteiger charge is 2.38. The predicted octanol–water partition coefficient (Wildman–Crippen LogP) is 2.82. The largest absolute Gasteiger partial charge is 0.391 e. The van der Waals surface area contributed by atoms with E-state index in [9.17, 15) is 14.7 Å². The number of aromatic nitrogens is 1. The fourth-order valence-electron chi connectivity index (χ4n) is 3.27. The first-order valence-corrected chi connectivity index (χ1v) is 8.99. The van der Waals surface area contributed by atoms with Gasteiger partial charge >= 0.3 is 0 Å². The molecule has 1 amide bonds. The van der Waals surface area contributed by atoms with Crippen molar-refractivity contribution in [1.29, 1.82) is 0 Å². The lowest BCUT2D eigenvalue weighted by Gasteiger charge is -2.23. The predicted molar refractivity (Wildman–Crippen MR) is 99.2 cm³/mol. The van der Waals surface area contributed by atoms with Crippen molar-refractivity contribution in [2.75, 3.05) is 6.54 Å². The number of benzene rings is 1. The number of pyridine rings is 1. The highest BCUT2D eigenvalue weighted by atomic mass is 35.5. The lowest BCUT2D eigenvalue weighted by atomic mass is 10.0. The third-order valence-corrected chi connectivity index (χ3v) is 4.86. The molecule has 2 aromatic rings. The van der Waals surface area contributed by atoms with Crippen LogP contribution in [0.4, 0.5) is 0 Å². The molecule has 1 saturated heterocycles. The van der Waals surface area contributed by atoms with Gasteiger partial charge in [-0.25, -0.2) is 0 Å². The average molecular weight is 373 g/mol. The van der Waals surface area contributed by atoms with E-state index in [4.69, 9.17) is 11.6 Å². The van der Waals surface area contributed by atoms with Crippen molar-refractivity contribution in [1.82, 2.24) is 9.88 Å². The molecule has 6 heteroatoms. The van der Waals surface area contributed by atoms with Crippen LogP contribution in [0.2, 0.25) is 5.02 Å². The molecule has 1 aromatic carbocycles. The van der Waals surface area contributed by atoms with Gasteiger partial charge in [-0.3, -0.25) is 14.6 Å². The Morgan fingerprint density at radius 3 is 2.69 bits per heavy atom. The Hall–Kier alpha value is -2.24. The third kappa shape index (κ3) is 4.29. The summed E-state index contributed by atoms with van der Waals surface area (Å²) in [6.07, 6.45) is 3.66. The zero-order valence-corrected chi connectivity index (χ0v) is 15.3. The molecule has 2 heterocycles. The van der Waals surface area contributed by atoms with Crippen LogP contribution in [0.1, 0.15) is 34.3 Å². The second-order valence-electron chi connectivity index (χ2n) is 6.71. The minimum absolute atomic E-state index is 0.0366. The Morgan fingerprint density at radius 2 is 2.00 bits per heavy atom. The topological polar surface area (TPSA) is 70.5 Å². The molecular formula is C20H21ClN2O3. The lowest BCUT2D eigenvalue weighted by Crippen LogP contribution is -2.40. The molecule has 26 heavy (non-hydrogen) atoms. The zero-order valence-electron chi connectivity index (χ0n) is 14.6. The number of amides is 1. The summed E-state index contributed by atoms with van der Waals surface area (Å²) in [6.45, 7) is 2.03. The molecule has 1 aliphatic heterocycles.